The van der Waals surface area contributed by atoms with Crippen molar-refractivity contribution in [2.45, 2.75) is 64.5 Å². The Morgan fingerprint density at radius 1 is 0.654 bits per heavy atom. The molecule has 1 fully saturated rings. The number of nitrogens with one attached hydrogen (secondary N) is 1. The zero-order valence-electron chi connectivity index (χ0n) is 43.3. The van der Waals surface area contributed by atoms with Crippen LogP contribution in [0.4, 0.5) is 10.1 Å². The van der Waals surface area contributed by atoms with Crippen molar-refractivity contribution in [3.63, 3.8) is 0 Å². The molecule has 81 heavy (non-hydrogen) atoms. The highest BCUT2D eigenvalue weighted by Gasteiger charge is 2.23. The highest BCUT2D eigenvalue weighted by molar-refractivity contribution is 9.10. The number of hydrogen-bond acceptors (Lipinski definition) is 13. The molecule has 6 aromatic carbocycles. The maximum Gasteiger partial charge on any atom is 0.425 e. The molecule has 0 aliphatic carbocycles. The fourth-order valence-electron chi connectivity index (χ4n) is 9.05. The molecule has 17 nitrogen and oxygen atoms in total. The third kappa shape index (κ3) is 19.5. The summed E-state index contributed by atoms with van der Waals surface area (Å²) in [4.78, 5) is 56.2. The van der Waals surface area contributed by atoms with Gasteiger partial charge in [-0.25, -0.2) is 19.2 Å². The van der Waals surface area contributed by atoms with Gasteiger partial charge in [-0.2, -0.15) is 0 Å². The highest BCUT2D eigenvalue weighted by Crippen LogP contribution is 2.25. The van der Waals surface area contributed by atoms with Gasteiger partial charge in [-0.05, 0) is 128 Å². The summed E-state index contributed by atoms with van der Waals surface area (Å²) in [5, 5.41) is 12.8. The Bertz CT molecular complexity index is 3980. The molecule has 0 saturated carbocycles. The molecule has 3 aliphatic heterocycles. The predicted molar refractivity (Wildman–Crippen MR) is 312 cm³/mol. The number of halogens is 3. The molecule has 8 aromatic rings. The van der Waals surface area contributed by atoms with Gasteiger partial charge in [-0.15, -0.1) is 25.3 Å². The van der Waals surface area contributed by atoms with E-state index in [2.05, 4.69) is 109 Å². The Balaban J connectivity index is 0.000000173. The number of allylic oxidation sites excluding steroid dienone is 1. The zero-order chi connectivity index (χ0) is 58.6. The van der Waals surface area contributed by atoms with Crippen molar-refractivity contribution < 1.29 is 44.3 Å². The fourth-order valence-corrected chi connectivity index (χ4v) is 9.78. The minimum absolute atomic E-state index is 0.0366. The van der Waals surface area contributed by atoms with Gasteiger partial charge in [0.25, 0.3) is 11.1 Å². The first-order chi connectivity index (χ1) is 38.7. The lowest BCUT2D eigenvalue weighted by atomic mass is 9.92. The van der Waals surface area contributed by atoms with Crippen LogP contribution in [0.5, 0.6) is 0 Å². The van der Waals surface area contributed by atoms with Crippen LogP contribution in [0.3, 0.4) is 0 Å². The number of nitrogen functional groups attached to an aromatic ring is 1. The summed E-state index contributed by atoms with van der Waals surface area (Å²) in [6.07, 6.45) is 7.36. The van der Waals surface area contributed by atoms with Gasteiger partial charge in [0.2, 0.25) is 5.91 Å². The molecule has 418 valence electrons. The Morgan fingerprint density at radius 3 is 1.77 bits per heavy atom. The van der Waals surface area contributed by atoms with Crippen molar-refractivity contribution in [2.24, 2.45) is 11.8 Å². The summed E-state index contributed by atoms with van der Waals surface area (Å²) in [7, 11) is -6.22. The summed E-state index contributed by atoms with van der Waals surface area (Å²) >= 11 is 6.62. The van der Waals surface area contributed by atoms with E-state index in [-0.39, 0.29) is 34.1 Å². The number of aryl methyl sites for hydroxylation is 2. The first-order valence-corrected chi connectivity index (χ1v) is 28.6. The maximum absolute atomic E-state index is 13.2. The van der Waals surface area contributed by atoms with Gasteiger partial charge < -0.3 is 16.2 Å². The highest BCUT2D eigenvalue weighted by atomic mass is 79.9. The number of amides is 1. The van der Waals surface area contributed by atoms with Gasteiger partial charge >= 0.3 is 27.2 Å². The summed E-state index contributed by atoms with van der Waals surface area (Å²) < 4.78 is 69.2. The minimum atomic E-state index is -3.11. The molecule has 5 heterocycles. The molecule has 4 N–H and O–H groups in total. The van der Waals surface area contributed by atoms with E-state index in [1.807, 2.05) is 41.0 Å². The number of nitrogens with two attached hydrogens (primary N) is 1. The average molecular weight is 1270 g/mol. The van der Waals surface area contributed by atoms with E-state index in [0.717, 1.165) is 95.3 Å². The van der Waals surface area contributed by atoms with E-state index in [1.54, 1.807) is 41.0 Å². The number of rotatable bonds is 5. The molecule has 0 radical (unpaired) electrons. The van der Waals surface area contributed by atoms with Crippen molar-refractivity contribution in [3.8, 4) is 11.8 Å². The summed E-state index contributed by atoms with van der Waals surface area (Å²) in [5.41, 5.74) is 12.4. The van der Waals surface area contributed by atoms with Gasteiger partial charge in [-0.3, -0.25) is 23.5 Å². The first-order valence-electron chi connectivity index (χ1n) is 25.1. The van der Waals surface area contributed by atoms with Gasteiger partial charge in [0, 0.05) is 64.7 Å². The number of carboxylic acid groups (broad SMARTS) is 1. The number of aromatic carboxylic acids is 1. The fraction of sp³-hybridized carbons (Fsp3) is 0.220. The lowest BCUT2D eigenvalue weighted by molar-refractivity contribution is -0.122. The van der Waals surface area contributed by atoms with E-state index in [4.69, 9.17) is 41.1 Å². The molecule has 2 atom stereocenters. The number of nitrogens with zero attached hydrogens (tertiary/aromatic N) is 4. The molecule has 1 amide bonds. The summed E-state index contributed by atoms with van der Waals surface area (Å²) in [6, 6.07) is 42.8. The van der Waals surface area contributed by atoms with E-state index < -0.39 is 27.2 Å². The number of hydrogen-bond donors (Lipinski definition) is 3. The van der Waals surface area contributed by atoms with Crippen LogP contribution in [0.25, 0.3) is 21.8 Å². The summed E-state index contributed by atoms with van der Waals surface area (Å²) in [6.45, 7) is 6.12. The second-order valence-corrected chi connectivity index (χ2v) is 21.4. The molecule has 0 bridgehead atoms. The number of carboxylic acids is 1. The zero-order valence-corrected chi connectivity index (χ0v) is 48.1. The number of benzene rings is 6. The first kappa shape index (κ1) is 62.0. The Hall–Kier alpha value is -8.23. The van der Waals surface area contributed by atoms with Crippen LogP contribution < -0.4 is 22.2 Å². The number of carbonyl (C=O) groups is 2. The molecule has 3 aliphatic rings. The number of piperidine rings is 1. The Kier molecular flexibility index (Phi) is 23.2. The SMILES string of the molecule is C=C1CCc2nc3cc(C#Cc4cccc(F)c4)ccc3c(=O)n2C1.Nc1cc(Br)ccc1C(=O)O.O=C1CCC(Cc2ccccc2)CN1.O=S(=O)=O.O=S(=O)=O.O=c1c2ccc(Br)cc2nc2n1CC(Cc1ccccc1)CC2. The van der Waals surface area contributed by atoms with Crippen LogP contribution >= 0.6 is 31.9 Å². The van der Waals surface area contributed by atoms with Crippen LogP contribution in [-0.2, 0) is 64.8 Å². The standard InChI is InChI=1S/C21H15FN2O.C19H17BrN2O.C12H15NO.C7H6BrNO2.2O3S/c1-14-5-10-20-23-19-12-16(7-6-15-3-2-4-17(22)11-15)8-9-18(19)21(25)24(20)13-14;20-15-7-8-16-17(11-15)21-18-9-6-14(12-22(18)19(16)23)10-13-4-2-1-3-5-13;14-12-7-6-11(9-13-12)8-10-4-2-1-3-5-10;8-4-1-2-5(7(10)11)6(9)3-4;2*1-4(2)3/h2-4,8-9,11-12H,1,5,10,13H2;1-5,7-8,11,14H,6,9-10,12H2;1-5,11H,6-9H2,(H,13,14);1-3H,9H2,(H,10,11);;. The second kappa shape index (κ2) is 30.4. The topological polar surface area (TPSA) is 265 Å². The second-order valence-electron chi connectivity index (χ2n) is 18.7. The van der Waals surface area contributed by atoms with Gasteiger partial charge in [0.1, 0.15) is 17.5 Å². The third-order valence-electron chi connectivity index (χ3n) is 12.9. The number of carbonyl (C=O) groups excluding carboxylic acids is 1. The molecule has 1 saturated heterocycles. The summed E-state index contributed by atoms with van der Waals surface area (Å²) in [5.74, 6) is 7.66. The number of fused-ring (bicyclic) bond motifs is 4. The molecular weight excluding hydrogens is 1210 g/mol. The molecule has 0 spiro atoms. The van der Waals surface area contributed by atoms with Gasteiger partial charge in [0.05, 0.1) is 27.4 Å². The van der Waals surface area contributed by atoms with Crippen molar-refractivity contribution in [1.29, 1.82) is 0 Å². The van der Waals surface area contributed by atoms with Crippen molar-refractivity contribution in [2.75, 3.05) is 12.3 Å². The van der Waals surface area contributed by atoms with Crippen LogP contribution in [0.15, 0.2) is 170 Å². The lowest BCUT2D eigenvalue weighted by Crippen LogP contribution is -2.35. The number of aromatic nitrogens is 4. The number of anilines is 1. The maximum atomic E-state index is 13.2. The van der Waals surface area contributed by atoms with E-state index in [1.165, 1.54) is 29.3 Å². The minimum Gasteiger partial charge on any atom is -0.478 e. The van der Waals surface area contributed by atoms with E-state index in [0.29, 0.717) is 46.7 Å². The third-order valence-corrected chi connectivity index (χ3v) is 13.8. The smallest absolute Gasteiger partial charge is 0.425 e. The van der Waals surface area contributed by atoms with E-state index in [9.17, 15) is 23.6 Å². The Labute approximate surface area is 485 Å². The predicted octanol–water partition coefficient (Wildman–Crippen LogP) is 8.88. The molecule has 11 rings (SSSR count). The lowest BCUT2D eigenvalue weighted by Gasteiger charge is -2.26. The van der Waals surface area contributed by atoms with Crippen LogP contribution in [0.2, 0.25) is 0 Å². The largest absolute Gasteiger partial charge is 0.478 e. The Morgan fingerprint density at radius 2 is 1.19 bits per heavy atom. The molecule has 2 aromatic heterocycles. The molecule has 22 heteroatoms. The van der Waals surface area contributed by atoms with Gasteiger partial charge in [0.15, 0.2) is 0 Å². The van der Waals surface area contributed by atoms with Crippen LogP contribution in [-0.4, -0.2) is 67.9 Å². The van der Waals surface area contributed by atoms with Crippen molar-refractivity contribution in [1.82, 2.24) is 24.4 Å². The molecular formula is C59H53Br2FN6O11S2. The van der Waals surface area contributed by atoms with Gasteiger partial charge in [-0.1, -0.05) is 123 Å². The van der Waals surface area contributed by atoms with E-state index >= 15 is 0 Å². The van der Waals surface area contributed by atoms with Crippen LogP contribution in [0.1, 0.15) is 69.9 Å². The average Bonchev–Trinajstić information content (AvgIpc) is 3.46. The monoisotopic (exact) mass is 1260 g/mol. The quantitative estimate of drug-likeness (QED) is 0.0826. The normalized spacial score (nSPS) is 14.6. The van der Waals surface area contributed by atoms with Crippen molar-refractivity contribution >= 4 is 92.4 Å². The van der Waals surface area contributed by atoms with Crippen molar-refractivity contribution in [3.05, 3.63) is 227 Å². The van der Waals surface area contributed by atoms with Crippen LogP contribution in [0, 0.1) is 29.5 Å². The molecule has 2 unspecified atom stereocenters.